The zero-order chi connectivity index (χ0) is 14.4. The van der Waals surface area contributed by atoms with Gasteiger partial charge < -0.3 is 15.1 Å². The quantitative estimate of drug-likeness (QED) is 0.848. The first-order valence-corrected chi connectivity index (χ1v) is 6.86. The van der Waals surface area contributed by atoms with E-state index in [1.165, 1.54) is 0 Å². The van der Waals surface area contributed by atoms with E-state index in [0.717, 1.165) is 23.6 Å². The first-order chi connectivity index (χ1) is 9.69. The van der Waals surface area contributed by atoms with Crippen LogP contribution in [0.15, 0.2) is 40.8 Å². The van der Waals surface area contributed by atoms with Crippen molar-refractivity contribution in [3.8, 4) is 0 Å². The molecule has 0 bridgehead atoms. The van der Waals surface area contributed by atoms with Crippen molar-refractivity contribution in [2.45, 2.75) is 26.8 Å². The van der Waals surface area contributed by atoms with E-state index in [2.05, 4.69) is 10.6 Å². The molecular formula is C16H20N2O2. The second kappa shape index (κ2) is 6.80. The molecule has 0 atom stereocenters. The van der Waals surface area contributed by atoms with Crippen LogP contribution in [0.3, 0.4) is 0 Å². The maximum absolute atomic E-state index is 11.9. The Morgan fingerprint density at radius 3 is 2.80 bits per heavy atom. The van der Waals surface area contributed by atoms with Gasteiger partial charge >= 0.3 is 0 Å². The molecule has 106 valence electrons. The van der Waals surface area contributed by atoms with E-state index in [1.54, 1.807) is 0 Å². The van der Waals surface area contributed by atoms with Crippen molar-refractivity contribution >= 4 is 11.6 Å². The molecule has 2 aromatic rings. The molecule has 1 heterocycles. The SMILES string of the molecule is CCCNC(=O)c1cccc(NCc2ccc(C)o2)c1. The Labute approximate surface area is 119 Å². The minimum absolute atomic E-state index is 0.0376. The average molecular weight is 272 g/mol. The molecule has 0 unspecified atom stereocenters. The van der Waals surface area contributed by atoms with Gasteiger partial charge in [-0.2, -0.15) is 0 Å². The number of carbonyl (C=O) groups excluding carboxylic acids is 1. The van der Waals surface area contributed by atoms with Crippen LogP contribution in [0.5, 0.6) is 0 Å². The normalized spacial score (nSPS) is 10.3. The van der Waals surface area contributed by atoms with Crippen molar-refractivity contribution < 1.29 is 9.21 Å². The standard InChI is InChI=1S/C16H20N2O2/c1-3-9-17-16(19)13-5-4-6-14(10-13)18-11-15-8-7-12(2)20-15/h4-8,10,18H,3,9,11H2,1-2H3,(H,17,19). The number of aryl methyl sites for hydroxylation is 1. The lowest BCUT2D eigenvalue weighted by Gasteiger charge is -2.07. The highest BCUT2D eigenvalue weighted by atomic mass is 16.3. The van der Waals surface area contributed by atoms with Crippen LogP contribution in [0.2, 0.25) is 0 Å². The summed E-state index contributed by atoms with van der Waals surface area (Å²) in [6.07, 6.45) is 0.932. The predicted molar refractivity (Wildman–Crippen MR) is 79.8 cm³/mol. The van der Waals surface area contributed by atoms with Gasteiger partial charge in [0.2, 0.25) is 0 Å². The number of hydrogen-bond donors (Lipinski definition) is 2. The maximum Gasteiger partial charge on any atom is 0.251 e. The van der Waals surface area contributed by atoms with Crippen LogP contribution in [-0.2, 0) is 6.54 Å². The number of amides is 1. The maximum atomic E-state index is 11.9. The summed E-state index contributed by atoms with van der Waals surface area (Å²) in [5.74, 6) is 1.74. The van der Waals surface area contributed by atoms with E-state index in [4.69, 9.17) is 4.42 Å². The summed E-state index contributed by atoms with van der Waals surface area (Å²) >= 11 is 0. The summed E-state index contributed by atoms with van der Waals surface area (Å²) in [6.45, 7) is 5.25. The minimum Gasteiger partial charge on any atom is -0.465 e. The molecule has 0 radical (unpaired) electrons. The topological polar surface area (TPSA) is 54.3 Å². The second-order valence-corrected chi connectivity index (χ2v) is 4.70. The molecule has 0 aliphatic rings. The molecule has 0 saturated carbocycles. The van der Waals surface area contributed by atoms with Crippen molar-refractivity contribution in [2.24, 2.45) is 0 Å². The number of furan rings is 1. The largest absolute Gasteiger partial charge is 0.465 e. The van der Waals surface area contributed by atoms with E-state index in [0.29, 0.717) is 18.7 Å². The smallest absolute Gasteiger partial charge is 0.251 e. The Morgan fingerprint density at radius 2 is 2.10 bits per heavy atom. The number of nitrogens with one attached hydrogen (secondary N) is 2. The van der Waals surface area contributed by atoms with Gasteiger partial charge in [-0.15, -0.1) is 0 Å². The molecule has 4 nitrogen and oxygen atoms in total. The lowest BCUT2D eigenvalue weighted by atomic mass is 10.2. The van der Waals surface area contributed by atoms with Crippen LogP contribution in [0.4, 0.5) is 5.69 Å². The van der Waals surface area contributed by atoms with E-state index < -0.39 is 0 Å². The molecule has 2 N–H and O–H groups in total. The monoisotopic (exact) mass is 272 g/mol. The van der Waals surface area contributed by atoms with Crippen molar-refractivity contribution in [2.75, 3.05) is 11.9 Å². The summed E-state index contributed by atoms with van der Waals surface area (Å²) in [7, 11) is 0. The number of benzene rings is 1. The summed E-state index contributed by atoms with van der Waals surface area (Å²) in [5.41, 5.74) is 1.57. The lowest BCUT2D eigenvalue weighted by Crippen LogP contribution is -2.23. The van der Waals surface area contributed by atoms with Gasteiger partial charge in [-0.25, -0.2) is 0 Å². The number of rotatable bonds is 6. The molecule has 4 heteroatoms. The van der Waals surface area contributed by atoms with Crippen LogP contribution in [0.1, 0.15) is 35.2 Å². The van der Waals surface area contributed by atoms with E-state index in [9.17, 15) is 4.79 Å². The first kappa shape index (κ1) is 14.2. The van der Waals surface area contributed by atoms with Gasteiger partial charge in [0.05, 0.1) is 6.54 Å². The van der Waals surface area contributed by atoms with Crippen molar-refractivity contribution in [3.63, 3.8) is 0 Å². The number of anilines is 1. The highest BCUT2D eigenvalue weighted by molar-refractivity contribution is 5.95. The van der Waals surface area contributed by atoms with Crippen molar-refractivity contribution in [1.82, 2.24) is 5.32 Å². The van der Waals surface area contributed by atoms with Gasteiger partial charge in [-0.1, -0.05) is 13.0 Å². The zero-order valence-electron chi connectivity index (χ0n) is 11.9. The van der Waals surface area contributed by atoms with Crippen LogP contribution in [-0.4, -0.2) is 12.5 Å². The molecular weight excluding hydrogens is 252 g/mol. The Morgan fingerprint density at radius 1 is 1.25 bits per heavy atom. The highest BCUT2D eigenvalue weighted by Crippen LogP contribution is 2.13. The van der Waals surface area contributed by atoms with E-state index >= 15 is 0 Å². The summed E-state index contributed by atoms with van der Waals surface area (Å²) in [4.78, 5) is 11.9. The van der Waals surface area contributed by atoms with Crippen molar-refractivity contribution in [1.29, 1.82) is 0 Å². The highest BCUT2D eigenvalue weighted by Gasteiger charge is 2.05. The molecule has 2 rings (SSSR count). The third-order valence-corrected chi connectivity index (χ3v) is 2.92. The van der Waals surface area contributed by atoms with Crippen LogP contribution >= 0.6 is 0 Å². The van der Waals surface area contributed by atoms with Crippen LogP contribution in [0.25, 0.3) is 0 Å². The molecule has 0 aliphatic carbocycles. The fourth-order valence-electron chi connectivity index (χ4n) is 1.88. The zero-order valence-corrected chi connectivity index (χ0v) is 11.9. The first-order valence-electron chi connectivity index (χ1n) is 6.86. The molecule has 0 saturated heterocycles. The van der Waals surface area contributed by atoms with Gasteiger partial charge in [-0.3, -0.25) is 4.79 Å². The van der Waals surface area contributed by atoms with Gasteiger partial charge in [0, 0.05) is 17.8 Å². The number of carbonyl (C=O) groups is 1. The van der Waals surface area contributed by atoms with Gasteiger partial charge in [-0.05, 0) is 43.7 Å². The Bertz CT molecular complexity index is 575. The summed E-state index contributed by atoms with van der Waals surface area (Å²) in [5, 5.41) is 6.12. The van der Waals surface area contributed by atoms with Crippen LogP contribution < -0.4 is 10.6 Å². The van der Waals surface area contributed by atoms with E-state index in [1.807, 2.05) is 50.2 Å². The van der Waals surface area contributed by atoms with Gasteiger partial charge in [0.25, 0.3) is 5.91 Å². The van der Waals surface area contributed by atoms with Crippen molar-refractivity contribution in [3.05, 3.63) is 53.5 Å². The Kier molecular flexibility index (Phi) is 4.82. The van der Waals surface area contributed by atoms with Crippen LogP contribution in [0, 0.1) is 6.92 Å². The molecule has 0 aliphatic heterocycles. The molecule has 0 spiro atoms. The fourth-order valence-corrected chi connectivity index (χ4v) is 1.88. The molecule has 20 heavy (non-hydrogen) atoms. The summed E-state index contributed by atoms with van der Waals surface area (Å²) in [6, 6.07) is 11.3. The van der Waals surface area contributed by atoms with E-state index in [-0.39, 0.29) is 5.91 Å². The second-order valence-electron chi connectivity index (χ2n) is 4.70. The minimum atomic E-state index is -0.0376. The Balaban J connectivity index is 1.97. The molecule has 1 aromatic carbocycles. The summed E-state index contributed by atoms with van der Waals surface area (Å²) < 4.78 is 5.49. The predicted octanol–water partition coefficient (Wildman–Crippen LogP) is 3.34. The lowest BCUT2D eigenvalue weighted by molar-refractivity contribution is 0.0953. The number of hydrogen-bond acceptors (Lipinski definition) is 3. The molecule has 1 aromatic heterocycles. The molecule has 0 fully saturated rings. The third-order valence-electron chi connectivity index (χ3n) is 2.92. The third kappa shape index (κ3) is 3.88. The Hall–Kier alpha value is -2.23. The van der Waals surface area contributed by atoms with Gasteiger partial charge in [0.15, 0.2) is 0 Å². The van der Waals surface area contributed by atoms with Gasteiger partial charge in [0.1, 0.15) is 11.5 Å². The average Bonchev–Trinajstić information content (AvgIpc) is 2.88. The fraction of sp³-hybridized carbons (Fsp3) is 0.312. The molecule has 1 amide bonds.